The van der Waals surface area contributed by atoms with Gasteiger partial charge in [-0.15, -0.1) is 0 Å². The lowest BCUT2D eigenvalue weighted by Gasteiger charge is -2.37. The molecule has 1 aliphatic rings. The molecule has 0 aromatic heterocycles. The van der Waals surface area contributed by atoms with Crippen LogP contribution in [0.15, 0.2) is 5.16 Å². The summed E-state index contributed by atoms with van der Waals surface area (Å²) in [5.41, 5.74) is 4.43. The van der Waals surface area contributed by atoms with E-state index < -0.39 is 11.0 Å². The van der Waals surface area contributed by atoms with Crippen LogP contribution >= 0.6 is 0 Å². The molecule has 4 N–H and O–H groups in total. The summed E-state index contributed by atoms with van der Waals surface area (Å²) in [5.74, 6) is -0.164. The number of amidine groups is 1. The van der Waals surface area contributed by atoms with Crippen LogP contribution in [-0.2, 0) is 9.53 Å². The molecular weight excluding hydrogens is 246 g/mol. The highest BCUT2D eigenvalue weighted by Crippen LogP contribution is 2.37. The second kappa shape index (κ2) is 6.23. The van der Waals surface area contributed by atoms with Gasteiger partial charge in [0.15, 0.2) is 5.84 Å². The van der Waals surface area contributed by atoms with Crippen LogP contribution in [0.1, 0.15) is 46.0 Å². The Kier molecular flexibility index (Phi) is 5.17. The zero-order valence-corrected chi connectivity index (χ0v) is 12.0. The molecule has 0 spiro atoms. The lowest BCUT2D eigenvalue weighted by molar-refractivity contribution is -0.131. The number of nitrogens with two attached hydrogens (primary N) is 1. The quantitative estimate of drug-likeness (QED) is 0.303. The molecule has 1 rings (SSSR count). The zero-order chi connectivity index (χ0) is 14.5. The first kappa shape index (κ1) is 15.8. The number of oxime groups is 1. The maximum absolute atomic E-state index is 12.6. The molecule has 110 valence electrons. The number of hydrogen-bond donors (Lipinski definition) is 3. The second-order valence-electron chi connectivity index (χ2n) is 5.90. The molecule has 6 heteroatoms. The van der Waals surface area contributed by atoms with Gasteiger partial charge in [0.05, 0.1) is 12.1 Å². The van der Waals surface area contributed by atoms with Crippen molar-refractivity contribution in [3.8, 4) is 0 Å². The van der Waals surface area contributed by atoms with E-state index in [1.54, 1.807) is 7.11 Å². The van der Waals surface area contributed by atoms with Gasteiger partial charge in [-0.25, -0.2) is 0 Å². The Bertz CT molecular complexity index is 347. The van der Waals surface area contributed by atoms with Crippen molar-refractivity contribution in [1.29, 1.82) is 0 Å². The van der Waals surface area contributed by atoms with Crippen molar-refractivity contribution in [2.45, 2.75) is 51.5 Å². The molecule has 0 bridgehead atoms. The van der Waals surface area contributed by atoms with E-state index in [2.05, 4.69) is 10.5 Å². The summed E-state index contributed by atoms with van der Waals surface area (Å²) < 4.78 is 5.09. The van der Waals surface area contributed by atoms with Gasteiger partial charge >= 0.3 is 0 Å². The molecule has 1 amide bonds. The number of methoxy groups -OCH3 is 1. The van der Waals surface area contributed by atoms with Crippen molar-refractivity contribution in [3.05, 3.63) is 0 Å². The summed E-state index contributed by atoms with van der Waals surface area (Å²) >= 11 is 0. The summed E-state index contributed by atoms with van der Waals surface area (Å²) in [6, 6.07) is 0. The van der Waals surface area contributed by atoms with E-state index >= 15 is 0 Å². The van der Waals surface area contributed by atoms with Gasteiger partial charge in [-0.05, 0) is 26.7 Å². The molecule has 19 heavy (non-hydrogen) atoms. The monoisotopic (exact) mass is 271 g/mol. The maximum atomic E-state index is 12.6. The van der Waals surface area contributed by atoms with Gasteiger partial charge in [0.25, 0.3) is 0 Å². The molecular formula is C13H25N3O3. The lowest BCUT2D eigenvalue weighted by atomic mass is 9.72. The molecule has 0 aliphatic heterocycles. The molecule has 0 aromatic rings. The zero-order valence-electron chi connectivity index (χ0n) is 12.0. The summed E-state index contributed by atoms with van der Waals surface area (Å²) in [6.07, 6.45) is 4.15. The van der Waals surface area contributed by atoms with E-state index in [1.165, 1.54) is 0 Å². The Morgan fingerprint density at radius 1 is 1.42 bits per heavy atom. The van der Waals surface area contributed by atoms with Crippen LogP contribution in [0.4, 0.5) is 0 Å². The minimum Gasteiger partial charge on any atom is -0.409 e. The highest BCUT2D eigenvalue weighted by atomic mass is 16.5. The fraction of sp³-hybridized carbons (Fsp3) is 0.846. The van der Waals surface area contributed by atoms with E-state index in [0.29, 0.717) is 19.4 Å². The molecule has 1 fully saturated rings. The van der Waals surface area contributed by atoms with Gasteiger partial charge < -0.3 is 21.0 Å². The predicted octanol–water partition coefficient (Wildman–Crippen LogP) is 1.22. The van der Waals surface area contributed by atoms with Crippen molar-refractivity contribution in [3.63, 3.8) is 0 Å². The van der Waals surface area contributed by atoms with Gasteiger partial charge in [0, 0.05) is 7.11 Å². The fourth-order valence-electron chi connectivity index (χ4n) is 2.67. The predicted molar refractivity (Wildman–Crippen MR) is 73.0 cm³/mol. The van der Waals surface area contributed by atoms with Crippen molar-refractivity contribution in [1.82, 2.24) is 5.32 Å². The normalized spacial score (nSPS) is 20.1. The molecule has 0 radical (unpaired) electrons. The SMILES string of the molecule is COCC(C)(C)NC(=O)C1(C(N)=NO)CCCCC1. The smallest absolute Gasteiger partial charge is 0.234 e. The molecule has 0 unspecified atom stereocenters. The van der Waals surface area contributed by atoms with Crippen LogP contribution in [0.5, 0.6) is 0 Å². The van der Waals surface area contributed by atoms with Crippen molar-refractivity contribution in [2.24, 2.45) is 16.3 Å². The Hall–Kier alpha value is -1.30. The first-order valence-electron chi connectivity index (χ1n) is 6.67. The van der Waals surface area contributed by atoms with Crippen molar-refractivity contribution >= 4 is 11.7 Å². The third-order valence-electron chi connectivity index (χ3n) is 3.70. The third-order valence-corrected chi connectivity index (χ3v) is 3.70. The van der Waals surface area contributed by atoms with Crippen LogP contribution in [0.25, 0.3) is 0 Å². The molecule has 0 saturated heterocycles. The number of carbonyl (C=O) groups excluding carboxylic acids is 1. The van der Waals surface area contributed by atoms with E-state index in [1.807, 2.05) is 13.8 Å². The highest BCUT2D eigenvalue weighted by molar-refractivity contribution is 6.07. The largest absolute Gasteiger partial charge is 0.409 e. The molecule has 1 aliphatic carbocycles. The average Bonchev–Trinajstić information content (AvgIpc) is 2.37. The van der Waals surface area contributed by atoms with E-state index in [9.17, 15) is 4.79 Å². The number of nitrogens with zero attached hydrogens (tertiary/aromatic N) is 1. The summed E-state index contributed by atoms with van der Waals surface area (Å²) in [5, 5.41) is 15.0. The lowest BCUT2D eigenvalue weighted by Crippen LogP contribution is -2.57. The molecule has 0 atom stereocenters. The maximum Gasteiger partial charge on any atom is 0.234 e. The number of carbonyl (C=O) groups is 1. The molecule has 0 heterocycles. The number of hydrogen-bond acceptors (Lipinski definition) is 4. The summed E-state index contributed by atoms with van der Waals surface area (Å²) in [4.78, 5) is 12.6. The number of ether oxygens (including phenoxy) is 1. The topological polar surface area (TPSA) is 96.9 Å². The van der Waals surface area contributed by atoms with Crippen LogP contribution in [0.3, 0.4) is 0 Å². The van der Waals surface area contributed by atoms with Crippen LogP contribution < -0.4 is 11.1 Å². The number of rotatable bonds is 5. The Labute approximate surface area is 114 Å². The van der Waals surface area contributed by atoms with Crippen LogP contribution in [0.2, 0.25) is 0 Å². The van der Waals surface area contributed by atoms with Gasteiger partial charge in [0.2, 0.25) is 5.91 Å². The van der Waals surface area contributed by atoms with Gasteiger partial charge in [-0.2, -0.15) is 0 Å². The van der Waals surface area contributed by atoms with E-state index in [4.69, 9.17) is 15.7 Å². The fourth-order valence-corrected chi connectivity index (χ4v) is 2.67. The van der Waals surface area contributed by atoms with Gasteiger partial charge in [-0.1, -0.05) is 24.4 Å². The molecule has 1 saturated carbocycles. The second-order valence-corrected chi connectivity index (χ2v) is 5.90. The summed E-state index contributed by atoms with van der Waals surface area (Å²) in [7, 11) is 1.59. The first-order valence-corrected chi connectivity index (χ1v) is 6.67. The average molecular weight is 271 g/mol. The van der Waals surface area contributed by atoms with Crippen molar-refractivity contribution in [2.75, 3.05) is 13.7 Å². The van der Waals surface area contributed by atoms with E-state index in [-0.39, 0.29) is 11.7 Å². The number of nitrogens with one attached hydrogen (secondary N) is 1. The van der Waals surface area contributed by atoms with E-state index in [0.717, 1.165) is 19.3 Å². The third kappa shape index (κ3) is 3.59. The molecule has 6 nitrogen and oxygen atoms in total. The molecule has 0 aromatic carbocycles. The standard InChI is InChI=1S/C13H25N3O3/c1-12(2,9-19-3)15-11(17)13(10(14)16-18)7-5-4-6-8-13/h18H,4-9H2,1-3H3,(H2,14,16)(H,15,17). The Balaban J connectivity index is 2.90. The Morgan fingerprint density at radius 3 is 2.47 bits per heavy atom. The van der Waals surface area contributed by atoms with Crippen molar-refractivity contribution < 1.29 is 14.7 Å². The first-order chi connectivity index (χ1) is 8.88. The van der Waals surface area contributed by atoms with Crippen LogP contribution in [-0.4, -0.2) is 36.2 Å². The highest BCUT2D eigenvalue weighted by Gasteiger charge is 2.45. The van der Waals surface area contributed by atoms with Crippen LogP contribution in [0, 0.1) is 5.41 Å². The summed E-state index contributed by atoms with van der Waals surface area (Å²) in [6.45, 7) is 4.18. The minimum absolute atomic E-state index is 0.0120. The van der Waals surface area contributed by atoms with Gasteiger partial charge in [-0.3, -0.25) is 4.79 Å². The number of amides is 1. The van der Waals surface area contributed by atoms with Gasteiger partial charge in [0.1, 0.15) is 5.41 Å². The minimum atomic E-state index is -0.877. The Morgan fingerprint density at radius 2 is 2.00 bits per heavy atom.